The second-order valence-electron chi connectivity index (χ2n) is 2.79. The summed E-state index contributed by atoms with van der Waals surface area (Å²) in [5.74, 6) is 0.0344. The van der Waals surface area contributed by atoms with Crippen LogP contribution in [0.25, 0.3) is 0 Å². The zero-order valence-electron chi connectivity index (χ0n) is 8.61. The normalized spacial score (nSPS) is 12.5. The number of likely N-dealkylation sites (N-methyl/N-ethyl adjacent to an activating group) is 3. The van der Waals surface area contributed by atoms with Crippen molar-refractivity contribution in [2.24, 2.45) is 0 Å². The summed E-state index contributed by atoms with van der Waals surface area (Å²) in [7, 11) is 5.46. The Labute approximate surface area is 79.7 Å². The minimum Gasteiger partial charge on any atom is -0.353 e. The summed E-state index contributed by atoms with van der Waals surface area (Å²) >= 11 is 0. The van der Waals surface area contributed by atoms with Crippen molar-refractivity contribution in [1.29, 1.82) is 0 Å². The van der Waals surface area contributed by atoms with Crippen molar-refractivity contribution < 1.29 is 4.79 Å². The van der Waals surface area contributed by atoms with Crippen LogP contribution in [0, 0.1) is 0 Å². The number of nitrogens with one attached hydrogen (secondary N) is 4. The molecule has 5 nitrogen and oxygen atoms in total. The SMILES string of the molecule is CNCCNC(=O)[C@H](CNC)NC. The molecule has 5 heteroatoms. The second kappa shape index (κ2) is 7.97. The first-order valence-corrected chi connectivity index (χ1v) is 4.50. The van der Waals surface area contributed by atoms with Gasteiger partial charge in [-0.05, 0) is 21.1 Å². The standard InChI is InChI=1S/C8H20N4O/c1-9-4-5-12-8(13)7(11-3)6-10-2/h7,9-11H,4-6H2,1-3H3,(H,12,13)/t7-/m0/s1. The van der Waals surface area contributed by atoms with Gasteiger partial charge in [0.15, 0.2) is 0 Å². The fourth-order valence-electron chi connectivity index (χ4n) is 0.964. The summed E-state index contributed by atoms with van der Waals surface area (Å²) in [6.45, 7) is 2.10. The topological polar surface area (TPSA) is 65.2 Å². The number of rotatable bonds is 7. The molecule has 0 bridgehead atoms. The van der Waals surface area contributed by atoms with Crippen LogP contribution in [0.4, 0.5) is 0 Å². The van der Waals surface area contributed by atoms with Gasteiger partial charge in [-0.2, -0.15) is 0 Å². The van der Waals surface area contributed by atoms with Gasteiger partial charge in [0.25, 0.3) is 0 Å². The quantitative estimate of drug-likeness (QED) is 0.353. The van der Waals surface area contributed by atoms with Crippen molar-refractivity contribution in [3.8, 4) is 0 Å². The van der Waals surface area contributed by atoms with Crippen molar-refractivity contribution in [1.82, 2.24) is 21.3 Å². The number of carbonyl (C=O) groups excluding carboxylic acids is 1. The molecule has 0 fully saturated rings. The van der Waals surface area contributed by atoms with Crippen molar-refractivity contribution in [3.63, 3.8) is 0 Å². The minimum absolute atomic E-state index is 0.0344. The van der Waals surface area contributed by atoms with E-state index < -0.39 is 0 Å². The molecule has 13 heavy (non-hydrogen) atoms. The minimum atomic E-state index is -0.151. The molecule has 4 N–H and O–H groups in total. The molecule has 0 aliphatic rings. The summed E-state index contributed by atoms with van der Waals surface area (Å²) in [6, 6.07) is -0.151. The number of hydrogen-bond donors (Lipinski definition) is 4. The first kappa shape index (κ1) is 12.3. The highest BCUT2D eigenvalue weighted by Gasteiger charge is 2.13. The highest BCUT2D eigenvalue weighted by atomic mass is 16.2. The Hall–Kier alpha value is -0.650. The average molecular weight is 188 g/mol. The Morgan fingerprint density at radius 3 is 2.31 bits per heavy atom. The molecule has 0 saturated carbocycles. The van der Waals surface area contributed by atoms with Crippen LogP contribution in [0.15, 0.2) is 0 Å². The first-order chi connectivity index (χ1) is 6.26. The molecule has 0 unspecified atom stereocenters. The molecule has 0 aromatic rings. The van der Waals surface area contributed by atoms with Gasteiger partial charge < -0.3 is 21.3 Å². The van der Waals surface area contributed by atoms with Gasteiger partial charge in [-0.25, -0.2) is 0 Å². The van der Waals surface area contributed by atoms with E-state index in [0.29, 0.717) is 13.1 Å². The van der Waals surface area contributed by atoms with Gasteiger partial charge in [0.2, 0.25) is 5.91 Å². The van der Waals surface area contributed by atoms with E-state index in [1.165, 1.54) is 0 Å². The largest absolute Gasteiger partial charge is 0.353 e. The number of hydrogen-bond acceptors (Lipinski definition) is 4. The lowest BCUT2D eigenvalue weighted by atomic mass is 10.3. The molecule has 0 spiro atoms. The van der Waals surface area contributed by atoms with Crippen LogP contribution in [0.3, 0.4) is 0 Å². The van der Waals surface area contributed by atoms with Crippen LogP contribution in [-0.4, -0.2) is 52.7 Å². The van der Waals surface area contributed by atoms with E-state index >= 15 is 0 Å². The van der Waals surface area contributed by atoms with Crippen molar-refractivity contribution >= 4 is 5.91 Å². The fourth-order valence-corrected chi connectivity index (χ4v) is 0.964. The van der Waals surface area contributed by atoms with E-state index in [2.05, 4.69) is 21.3 Å². The third-order valence-electron chi connectivity index (χ3n) is 1.75. The molecule has 78 valence electrons. The number of carbonyl (C=O) groups is 1. The maximum atomic E-state index is 11.4. The Bertz CT molecular complexity index is 140. The smallest absolute Gasteiger partial charge is 0.238 e. The summed E-state index contributed by atoms with van der Waals surface area (Å²) in [6.07, 6.45) is 0. The van der Waals surface area contributed by atoms with Crippen molar-refractivity contribution in [2.75, 3.05) is 40.8 Å². The van der Waals surface area contributed by atoms with E-state index in [-0.39, 0.29) is 11.9 Å². The molecule has 1 atom stereocenters. The lowest BCUT2D eigenvalue weighted by molar-refractivity contribution is -0.122. The lowest BCUT2D eigenvalue weighted by Crippen LogP contribution is -2.48. The lowest BCUT2D eigenvalue weighted by Gasteiger charge is -2.15. The van der Waals surface area contributed by atoms with E-state index in [1.54, 1.807) is 7.05 Å². The van der Waals surface area contributed by atoms with Gasteiger partial charge in [-0.3, -0.25) is 4.79 Å². The van der Waals surface area contributed by atoms with Crippen molar-refractivity contribution in [3.05, 3.63) is 0 Å². The van der Waals surface area contributed by atoms with Crippen LogP contribution in [0.2, 0.25) is 0 Å². The molecule has 1 amide bonds. The van der Waals surface area contributed by atoms with Gasteiger partial charge in [0.1, 0.15) is 0 Å². The molecule has 0 aromatic carbocycles. The van der Waals surface area contributed by atoms with Crippen LogP contribution in [0.1, 0.15) is 0 Å². The second-order valence-corrected chi connectivity index (χ2v) is 2.79. The molecule has 0 aromatic heterocycles. The Morgan fingerprint density at radius 1 is 1.15 bits per heavy atom. The molecule has 0 rings (SSSR count). The highest BCUT2D eigenvalue weighted by Crippen LogP contribution is 1.79. The highest BCUT2D eigenvalue weighted by molar-refractivity contribution is 5.81. The summed E-state index contributed by atoms with van der Waals surface area (Å²) in [5, 5.41) is 11.7. The Kier molecular flexibility index (Phi) is 7.57. The number of amides is 1. The molecule has 0 saturated heterocycles. The zero-order valence-corrected chi connectivity index (χ0v) is 8.61. The van der Waals surface area contributed by atoms with Gasteiger partial charge in [0, 0.05) is 19.6 Å². The molecule has 0 heterocycles. The van der Waals surface area contributed by atoms with Crippen LogP contribution >= 0.6 is 0 Å². The van der Waals surface area contributed by atoms with Crippen LogP contribution < -0.4 is 21.3 Å². The van der Waals surface area contributed by atoms with E-state index in [9.17, 15) is 4.79 Å². The predicted molar refractivity (Wildman–Crippen MR) is 53.7 cm³/mol. The molecule has 0 aliphatic carbocycles. The third kappa shape index (κ3) is 5.57. The van der Waals surface area contributed by atoms with Gasteiger partial charge in [0.05, 0.1) is 6.04 Å². The zero-order chi connectivity index (χ0) is 10.1. The van der Waals surface area contributed by atoms with Gasteiger partial charge >= 0.3 is 0 Å². The maximum Gasteiger partial charge on any atom is 0.238 e. The summed E-state index contributed by atoms with van der Waals surface area (Å²) < 4.78 is 0. The van der Waals surface area contributed by atoms with Gasteiger partial charge in [-0.1, -0.05) is 0 Å². The van der Waals surface area contributed by atoms with Crippen LogP contribution in [-0.2, 0) is 4.79 Å². The van der Waals surface area contributed by atoms with E-state index in [0.717, 1.165) is 6.54 Å². The van der Waals surface area contributed by atoms with Crippen molar-refractivity contribution in [2.45, 2.75) is 6.04 Å². The molecule has 0 radical (unpaired) electrons. The van der Waals surface area contributed by atoms with E-state index in [4.69, 9.17) is 0 Å². The maximum absolute atomic E-state index is 11.4. The Morgan fingerprint density at radius 2 is 1.85 bits per heavy atom. The third-order valence-corrected chi connectivity index (χ3v) is 1.75. The summed E-state index contributed by atoms with van der Waals surface area (Å²) in [4.78, 5) is 11.4. The van der Waals surface area contributed by atoms with Gasteiger partial charge in [-0.15, -0.1) is 0 Å². The molecule has 0 aliphatic heterocycles. The molecular weight excluding hydrogens is 168 g/mol. The summed E-state index contributed by atoms with van der Waals surface area (Å²) in [5.41, 5.74) is 0. The monoisotopic (exact) mass is 188 g/mol. The molecular formula is C8H20N4O. The van der Waals surface area contributed by atoms with Crippen LogP contribution in [0.5, 0.6) is 0 Å². The first-order valence-electron chi connectivity index (χ1n) is 4.50. The fraction of sp³-hybridized carbons (Fsp3) is 0.875. The average Bonchev–Trinajstić information content (AvgIpc) is 2.14. The Balaban J connectivity index is 3.64. The predicted octanol–water partition coefficient (Wildman–Crippen LogP) is -1.87. The van der Waals surface area contributed by atoms with E-state index in [1.807, 2.05) is 14.1 Å².